The Labute approximate surface area is 186 Å². The van der Waals surface area contributed by atoms with E-state index < -0.39 is 11.9 Å². The normalized spacial score (nSPS) is 11.9. The molecule has 0 unspecified atom stereocenters. The summed E-state index contributed by atoms with van der Waals surface area (Å²) in [6, 6.07) is 18.1. The summed E-state index contributed by atoms with van der Waals surface area (Å²) in [5.41, 5.74) is 2.62. The Balaban J connectivity index is 1.56. The van der Waals surface area contributed by atoms with E-state index in [-0.39, 0.29) is 11.7 Å². The summed E-state index contributed by atoms with van der Waals surface area (Å²) in [5, 5.41) is 3.94. The SMILES string of the molecule is COc1ccc(CN(C)[C@H](C)C(=O)Nc2cccc(CSc3ccccn3)c2)cc1F. The molecular formula is C24H26FN3O2S. The molecule has 0 aliphatic heterocycles. The maximum Gasteiger partial charge on any atom is 0.241 e. The van der Waals surface area contributed by atoms with E-state index in [2.05, 4.69) is 10.3 Å². The van der Waals surface area contributed by atoms with Crippen LogP contribution in [0.1, 0.15) is 18.1 Å². The highest BCUT2D eigenvalue weighted by atomic mass is 32.2. The van der Waals surface area contributed by atoms with Crippen LogP contribution in [0.15, 0.2) is 71.9 Å². The molecule has 0 fully saturated rings. The first-order valence-corrected chi connectivity index (χ1v) is 10.9. The van der Waals surface area contributed by atoms with E-state index in [1.807, 2.05) is 61.3 Å². The zero-order valence-electron chi connectivity index (χ0n) is 17.8. The summed E-state index contributed by atoms with van der Waals surface area (Å²) in [5.74, 6) is 0.439. The van der Waals surface area contributed by atoms with E-state index in [1.54, 1.807) is 30.1 Å². The number of hydrogen-bond acceptors (Lipinski definition) is 5. The summed E-state index contributed by atoms with van der Waals surface area (Å²) in [7, 11) is 3.27. The lowest BCUT2D eigenvalue weighted by Crippen LogP contribution is -2.39. The van der Waals surface area contributed by atoms with E-state index in [0.29, 0.717) is 6.54 Å². The Bertz CT molecular complexity index is 1020. The monoisotopic (exact) mass is 439 g/mol. The predicted molar refractivity (Wildman–Crippen MR) is 123 cm³/mol. The van der Waals surface area contributed by atoms with Gasteiger partial charge < -0.3 is 10.1 Å². The number of amides is 1. The number of halogens is 1. The van der Waals surface area contributed by atoms with Crippen LogP contribution in [0.25, 0.3) is 0 Å². The number of ether oxygens (including phenoxy) is 1. The third kappa shape index (κ3) is 6.54. The fourth-order valence-corrected chi connectivity index (χ4v) is 3.81. The molecule has 0 radical (unpaired) electrons. The summed E-state index contributed by atoms with van der Waals surface area (Å²) < 4.78 is 18.9. The fraction of sp³-hybridized carbons (Fsp3) is 0.250. The van der Waals surface area contributed by atoms with Gasteiger partial charge in [-0.05, 0) is 61.5 Å². The van der Waals surface area contributed by atoms with Crippen LogP contribution in [0.5, 0.6) is 5.75 Å². The third-order valence-corrected chi connectivity index (χ3v) is 5.92. The topological polar surface area (TPSA) is 54.5 Å². The highest BCUT2D eigenvalue weighted by Crippen LogP contribution is 2.23. The molecule has 2 aromatic carbocycles. The van der Waals surface area contributed by atoms with Gasteiger partial charge in [-0.2, -0.15) is 0 Å². The number of nitrogens with zero attached hydrogens (tertiary/aromatic N) is 2. The number of anilines is 1. The number of carbonyl (C=O) groups excluding carboxylic acids is 1. The van der Waals surface area contributed by atoms with Gasteiger partial charge in [-0.3, -0.25) is 9.69 Å². The highest BCUT2D eigenvalue weighted by molar-refractivity contribution is 7.98. The van der Waals surface area contributed by atoms with Crippen LogP contribution < -0.4 is 10.1 Å². The molecule has 3 rings (SSSR count). The van der Waals surface area contributed by atoms with Crippen molar-refractivity contribution in [3.8, 4) is 5.75 Å². The third-order valence-electron chi connectivity index (χ3n) is 4.91. The van der Waals surface area contributed by atoms with Gasteiger partial charge in [-0.1, -0.05) is 24.3 Å². The first kappa shape index (κ1) is 22.8. The average Bonchev–Trinajstić information content (AvgIpc) is 2.78. The zero-order valence-corrected chi connectivity index (χ0v) is 18.7. The molecule has 0 saturated carbocycles. The van der Waals surface area contributed by atoms with Gasteiger partial charge in [0.25, 0.3) is 0 Å². The van der Waals surface area contributed by atoms with Gasteiger partial charge in [0.15, 0.2) is 11.6 Å². The van der Waals surface area contributed by atoms with E-state index in [9.17, 15) is 9.18 Å². The largest absolute Gasteiger partial charge is 0.494 e. The van der Waals surface area contributed by atoms with E-state index >= 15 is 0 Å². The van der Waals surface area contributed by atoms with Gasteiger partial charge in [0.05, 0.1) is 18.2 Å². The van der Waals surface area contributed by atoms with Crippen molar-refractivity contribution in [3.05, 3.63) is 83.8 Å². The molecule has 0 spiro atoms. The van der Waals surface area contributed by atoms with Gasteiger partial charge in [0.2, 0.25) is 5.91 Å². The van der Waals surface area contributed by atoms with Crippen LogP contribution >= 0.6 is 11.8 Å². The summed E-state index contributed by atoms with van der Waals surface area (Å²) in [6.07, 6.45) is 1.77. The number of benzene rings is 2. The summed E-state index contributed by atoms with van der Waals surface area (Å²) in [4.78, 5) is 18.9. The van der Waals surface area contributed by atoms with E-state index in [0.717, 1.165) is 27.6 Å². The molecule has 162 valence electrons. The summed E-state index contributed by atoms with van der Waals surface area (Å²) >= 11 is 1.65. The Morgan fingerprint density at radius 1 is 1.16 bits per heavy atom. The van der Waals surface area contributed by atoms with Crippen LogP contribution in [0.3, 0.4) is 0 Å². The Morgan fingerprint density at radius 2 is 2.00 bits per heavy atom. The Morgan fingerprint density at radius 3 is 2.71 bits per heavy atom. The number of likely N-dealkylation sites (N-methyl/N-ethyl adjacent to an activating group) is 1. The van der Waals surface area contributed by atoms with Gasteiger partial charge in [0, 0.05) is 24.2 Å². The van der Waals surface area contributed by atoms with Crippen LogP contribution in [0.4, 0.5) is 10.1 Å². The molecule has 5 nitrogen and oxygen atoms in total. The smallest absolute Gasteiger partial charge is 0.241 e. The fourth-order valence-electron chi connectivity index (χ4n) is 3.01. The number of pyridine rings is 1. The van der Waals surface area contributed by atoms with Crippen molar-refractivity contribution in [2.24, 2.45) is 0 Å². The second kappa shape index (κ2) is 10.9. The molecule has 3 aromatic rings. The lowest BCUT2D eigenvalue weighted by atomic mass is 10.1. The molecule has 0 bridgehead atoms. The van der Waals surface area contributed by atoms with Gasteiger partial charge >= 0.3 is 0 Å². The Kier molecular flexibility index (Phi) is 8.03. The first-order chi connectivity index (χ1) is 15.0. The van der Waals surface area contributed by atoms with Crippen molar-refractivity contribution in [3.63, 3.8) is 0 Å². The van der Waals surface area contributed by atoms with Crippen molar-refractivity contribution in [2.45, 2.75) is 30.3 Å². The first-order valence-electron chi connectivity index (χ1n) is 9.92. The lowest BCUT2D eigenvalue weighted by molar-refractivity contribution is -0.120. The molecule has 0 aliphatic rings. The number of rotatable bonds is 9. The molecule has 1 heterocycles. The van der Waals surface area contributed by atoms with Gasteiger partial charge in [-0.25, -0.2) is 9.37 Å². The standard InChI is InChI=1S/C24H26FN3O2S/c1-17(28(2)15-18-10-11-22(30-3)21(25)14-18)24(29)27-20-8-6-7-19(13-20)16-31-23-9-4-5-12-26-23/h4-14,17H,15-16H2,1-3H3,(H,27,29)/t17-/m1/s1. The lowest BCUT2D eigenvalue weighted by Gasteiger charge is -2.24. The molecule has 1 amide bonds. The number of nitrogens with one attached hydrogen (secondary N) is 1. The second-order valence-corrected chi connectivity index (χ2v) is 8.20. The van der Waals surface area contributed by atoms with Crippen molar-refractivity contribution in [1.82, 2.24) is 9.88 Å². The average molecular weight is 440 g/mol. The minimum atomic E-state index is -0.411. The minimum Gasteiger partial charge on any atom is -0.494 e. The number of hydrogen-bond donors (Lipinski definition) is 1. The van der Waals surface area contributed by atoms with E-state index in [1.165, 1.54) is 13.2 Å². The molecule has 0 aliphatic carbocycles. The van der Waals surface area contributed by atoms with Crippen molar-refractivity contribution in [2.75, 3.05) is 19.5 Å². The van der Waals surface area contributed by atoms with Gasteiger partial charge in [-0.15, -0.1) is 11.8 Å². The van der Waals surface area contributed by atoms with Crippen LogP contribution in [0.2, 0.25) is 0 Å². The van der Waals surface area contributed by atoms with E-state index in [4.69, 9.17) is 4.74 Å². The van der Waals surface area contributed by atoms with Crippen molar-refractivity contribution >= 4 is 23.4 Å². The molecule has 31 heavy (non-hydrogen) atoms. The number of methoxy groups -OCH3 is 1. The van der Waals surface area contributed by atoms with Gasteiger partial charge in [0.1, 0.15) is 0 Å². The molecule has 1 aromatic heterocycles. The van der Waals surface area contributed by atoms with Crippen LogP contribution in [-0.2, 0) is 17.1 Å². The molecule has 0 saturated heterocycles. The van der Waals surface area contributed by atoms with Crippen LogP contribution in [0, 0.1) is 5.82 Å². The minimum absolute atomic E-state index is 0.119. The van der Waals surface area contributed by atoms with Crippen molar-refractivity contribution < 1.29 is 13.9 Å². The number of carbonyl (C=O) groups is 1. The number of aromatic nitrogens is 1. The molecule has 7 heteroatoms. The second-order valence-electron chi connectivity index (χ2n) is 7.21. The molecular weight excluding hydrogens is 413 g/mol. The molecule has 1 N–H and O–H groups in total. The Hall–Kier alpha value is -2.90. The summed E-state index contributed by atoms with van der Waals surface area (Å²) in [6.45, 7) is 2.27. The quantitative estimate of drug-likeness (QED) is 0.477. The predicted octanol–water partition coefficient (Wildman–Crippen LogP) is 4.98. The maximum absolute atomic E-state index is 13.9. The highest BCUT2D eigenvalue weighted by Gasteiger charge is 2.19. The van der Waals surface area contributed by atoms with Crippen LogP contribution in [-0.4, -0.2) is 36.0 Å². The zero-order chi connectivity index (χ0) is 22.2. The number of thioether (sulfide) groups is 1. The van der Waals surface area contributed by atoms with Crippen molar-refractivity contribution in [1.29, 1.82) is 0 Å². The maximum atomic E-state index is 13.9. The molecule has 1 atom stereocenters.